The first-order valence-electron chi connectivity index (χ1n) is 9.12. The average molecular weight is 420 g/mol. The van der Waals surface area contributed by atoms with Gasteiger partial charge in [0.1, 0.15) is 5.82 Å². The van der Waals surface area contributed by atoms with E-state index in [1.54, 1.807) is 0 Å². The number of esters is 1. The van der Waals surface area contributed by atoms with Crippen molar-refractivity contribution in [2.75, 3.05) is 12.4 Å². The SMILES string of the molecule is COC(=O)c1cc(NC(=O)c2cccc(S(=O)(=O)NC3CCCC3)c2)ccc1F. The largest absolute Gasteiger partial charge is 0.465 e. The fourth-order valence-electron chi connectivity index (χ4n) is 3.21. The van der Waals surface area contributed by atoms with Gasteiger partial charge in [0.25, 0.3) is 5.91 Å². The molecular weight excluding hydrogens is 399 g/mol. The molecule has 0 spiro atoms. The highest BCUT2D eigenvalue weighted by molar-refractivity contribution is 7.89. The summed E-state index contributed by atoms with van der Waals surface area (Å²) >= 11 is 0. The molecule has 29 heavy (non-hydrogen) atoms. The van der Waals surface area contributed by atoms with Crippen LogP contribution in [-0.2, 0) is 14.8 Å². The third-order valence-corrected chi connectivity index (χ3v) is 6.23. The van der Waals surface area contributed by atoms with Crippen LogP contribution in [0.25, 0.3) is 0 Å². The summed E-state index contributed by atoms with van der Waals surface area (Å²) in [5, 5.41) is 2.53. The van der Waals surface area contributed by atoms with Crippen LogP contribution >= 0.6 is 0 Å². The Balaban J connectivity index is 1.78. The van der Waals surface area contributed by atoms with E-state index in [1.807, 2.05) is 0 Å². The van der Waals surface area contributed by atoms with E-state index >= 15 is 0 Å². The molecule has 2 aromatic carbocycles. The Bertz CT molecular complexity index is 1030. The molecule has 1 aliphatic rings. The van der Waals surface area contributed by atoms with Gasteiger partial charge in [-0.05, 0) is 49.2 Å². The van der Waals surface area contributed by atoms with E-state index in [-0.39, 0.29) is 27.8 Å². The zero-order chi connectivity index (χ0) is 21.0. The maximum absolute atomic E-state index is 13.7. The highest BCUT2D eigenvalue weighted by Gasteiger charge is 2.23. The number of carbonyl (C=O) groups is 2. The summed E-state index contributed by atoms with van der Waals surface area (Å²) in [6, 6.07) is 9.03. The summed E-state index contributed by atoms with van der Waals surface area (Å²) in [4.78, 5) is 24.1. The van der Waals surface area contributed by atoms with E-state index in [9.17, 15) is 22.4 Å². The van der Waals surface area contributed by atoms with Crippen molar-refractivity contribution in [3.63, 3.8) is 0 Å². The molecule has 154 valence electrons. The van der Waals surface area contributed by atoms with Crippen LogP contribution in [0.15, 0.2) is 47.4 Å². The van der Waals surface area contributed by atoms with Gasteiger partial charge < -0.3 is 10.1 Å². The Labute approximate surface area is 168 Å². The lowest BCUT2D eigenvalue weighted by atomic mass is 10.1. The minimum atomic E-state index is -3.74. The molecule has 1 amide bonds. The highest BCUT2D eigenvalue weighted by Crippen LogP contribution is 2.21. The van der Waals surface area contributed by atoms with Crippen molar-refractivity contribution >= 4 is 27.6 Å². The number of rotatable bonds is 6. The van der Waals surface area contributed by atoms with Gasteiger partial charge in [0.15, 0.2) is 0 Å². The summed E-state index contributed by atoms with van der Waals surface area (Å²) in [5.41, 5.74) is -0.0280. The van der Waals surface area contributed by atoms with Crippen LogP contribution in [0, 0.1) is 5.82 Å². The molecule has 0 saturated heterocycles. The first-order chi connectivity index (χ1) is 13.8. The van der Waals surface area contributed by atoms with Crippen LogP contribution in [0.4, 0.5) is 10.1 Å². The van der Waals surface area contributed by atoms with Crippen molar-refractivity contribution in [2.45, 2.75) is 36.6 Å². The summed E-state index contributed by atoms with van der Waals surface area (Å²) in [6.07, 6.45) is 3.57. The maximum Gasteiger partial charge on any atom is 0.340 e. The monoisotopic (exact) mass is 420 g/mol. The smallest absolute Gasteiger partial charge is 0.340 e. The van der Waals surface area contributed by atoms with Crippen molar-refractivity contribution < 1.29 is 27.1 Å². The predicted molar refractivity (Wildman–Crippen MR) is 105 cm³/mol. The number of sulfonamides is 1. The first kappa shape index (κ1) is 20.9. The van der Waals surface area contributed by atoms with Gasteiger partial charge in [-0.3, -0.25) is 4.79 Å². The fourth-order valence-corrected chi connectivity index (χ4v) is 4.56. The number of methoxy groups -OCH3 is 1. The van der Waals surface area contributed by atoms with Crippen molar-refractivity contribution in [3.05, 3.63) is 59.4 Å². The minimum Gasteiger partial charge on any atom is -0.465 e. The van der Waals surface area contributed by atoms with Crippen LogP contribution in [0.3, 0.4) is 0 Å². The van der Waals surface area contributed by atoms with E-state index < -0.39 is 27.7 Å². The fraction of sp³-hybridized carbons (Fsp3) is 0.300. The highest BCUT2D eigenvalue weighted by atomic mass is 32.2. The summed E-state index contributed by atoms with van der Waals surface area (Å²) in [6.45, 7) is 0. The van der Waals surface area contributed by atoms with Gasteiger partial charge in [-0.15, -0.1) is 0 Å². The van der Waals surface area contributed by atoms with Crippen molar-refractivity contribution in [2.24, 2.45) is 0 Å². The molecule has 2 N–H and O–H groups in total. The number of anilines is 1. The normalized spacial score (nSPS) is 14.6. The number of carbonyl (C=O) groups excluding carboxylic acids is 2. The Hall–Kier alpha value is -2.78. The van der Waals surface area contributed by atoms with Crippen LogP contribution in [0.1, 0.15) is 46.4 Å². The van der Waals surface area contributed by atoms with Gasteiger partial charge in [0.05, 0.1) is 17.6 Å². The molecule has 7 nitrogen and oxygen atoms in total. The van der Waals surface area contributed by atoms with Crippen LogP contribution in [-0.4, -0.2) is 33.4 Å². The standard InChI is InChI=1S/C20H21FN2O5S/c1-28-20(25)17-12-15(9-10-18(17)21)22-19(24)13-5-4-8-16(11-13)29(26,27)23-14-6-2-3-7-14/h4-5,8-12,14,23H,2-3,6-7H2,1H3,(H,22,24). The Kier molecular flexibility index (Phi) is 6.29. The Morgan fingerprint density at radius 3 is 2.52 bits per heavy atom. The maximum atomic E-state index is 13.7. The molecule has 3 rings (SSSR count). The molecule has 0 heterocycles. The third-order valence-electron chi connectivity index (χ3n) is 4.71. The average Bonchev–Trinajstić information content (AvgIpc) is 3.21. The van der Waals surface area contributed by atoms with Crippen LogP contribution < -0.4 is 10.0 Å². The molecule has 1 saturated carbocycles. The number of ether oxygens (including phenoxy) is 1. The van der Waals surface area contributed by atoms with Gasteiger partial charge in [-0.2, -0.15) is 0 Å². The number of hydrogen-bond donors (Lipinski definition) is 2. The first-order valence-corrected chi connectivity index (χ1v) is 10.6. The predicted octanol–water partition coefficient (Wildman–Crippen LogP) is 3.09. The Morgan fingerprint density at radius 1 is 1.10 bits per heavy atom. The van der Waals surface area contributed by atoms with Gasteiger partial charge in [0, 0.05) is 17.3 Å². The molecule has 0 radical (unpaired) electrons. The van der Waals surface area contributed by atoms with E-state index in [4.69, 9.17) is 0 Å². The molecule has 0 aliphatic heterocycles. The number of nitrogens with one attached hydrogen (secondary N) is 2. The second kappa shape index (κ2) is 8.71. The van der Waals surface area contributed by atoms with Crippen molar-refractivity contribution in [1.29, 1.82) is 0 Å². The number of halogens is 1. The molecule has 0 atom stereocenters. The molecule has 0 bridgehead atoms. The second-order valence-electron chi connectivity index (χ2n) is 6.77. The summed E-state index contributed by atoms with van der Waals surface area (Å²) in [7, 11) is -2.62. The van der Waals surface area contributed by atoms with Crippen molar-refractivity contribution in [1.82, 2.24) is 4.72 Å². The van der Waals surface area contributed by atoms with E-state index in [0.29, 0.717) is 0 Å². The summed E-state index contributed by atoms with van der Waals surface area (Å²) < 4.78 is 46.1. The van der Waals surface area contributed by atoms with Gasteiger partial charge in [-0.1, -0.05) is 18.9 Å². The molecular formula is C20H21FN2O5S. The van der Waals surface area contributed by atoms with Gasteiger partial charge in [0.2, 0.25) is 10.0 Å². The zero-order valence-electron chi connectivity index (χ0n) is 15.8. The molecule has 0 unspecified atom stereocenters. The zero-order valence-corrected chi connectivity index (χ0v) is 16.6. The Morgan fingerprint density at radius 2 is 1.83 bits per heavy atom. The number of amides is 1. The van der Waals surface area contributed by atoms with E-state index in [0.717, 1.165) is 44.9 Å². The topological polar surface area (TPSA) is 102 Å². The third kappa shape index (κ3) is 4.99. The lowest BCUT2D eigenvalue weighted by Crippen LogP contribution is -2.32. The number of benzene rings is 2. The lowest BCUT2D eigenvalue weighted by molar-refractivity contribution is 0.0595. The molecule has 1 aliphatic carbocycles. The van der Waals surface area contributed by atoms with Crippen LogP contribution in [0.2, 0.25) is 0 Å². The lowest BCUT2D eigenvalue weighted by Gasteiger charge is -2.13. The quantitative estimate of drug-likeness (QED) is 0.700. The molecule has 2 aromatic rings. The second-order valence-corrected chi connectivity index (χ2v) is 8.48. The van der Waals surface area contributed by atoms with Gasteiger partial charge in [-0.25, -0.2) is 22.3 Å². The summed E-state index contributed by atoms with van der Waals surface area (Å²) in [5.74, 6) is -2.24. The number of hydrogen-bond acceptors (Lipinski definition) is 5. The van der Waals surface area contributed by atoms with Gasteiger partial charge >= 0.3 is 5.97 Å². The van der Waals surface area contributed by atoms with Crippen LogP contribution in [0.5, 0.6) is 0 Å². The van der Waals surface area contributed by atoms with E-state index in [2.05, 4.69) is 14.8 Å². The minimum absolute atomic E-state index is 0.00796. The molecule has 9 heteroatoms. The van der Waals surface area contributed by atoms with Crippen molar-refractivity contribution in [3.8, 4) is 0 Å². The van der Waals surface area contributed by atoms with E-state index in [1.165, 1.54) is 30.3 Å². The molecule has 1 fully saturated rings. The molecule has 0 aromatic heterocycles.